The first-order valence-electron chi connectivity index (χ1n) is 11.1. The summed E-state index contributed by atoms with van der Waals surface area (Å²) in [5, 5.41) is 17.9. The average molecular weight is 450 g/mol. The molecule has 180 valence electrons. The van der Waals surface area contributed by atoms with Gasteiger partial charge in [-0.25, -0.2) is 0 Å². The fourth-order valence-corrected chi connectivity index (χ4v) is 3.24. The van der Waals surface area contributed by atoms with E-state index in [0.29, 0.717) is 12.8 Å². The van der Waals surface area contributed by atoms with Crippen molar-refractivity contribution in [2.75, 3.05) is 13.7 Å². The van der Waals surface area contributed by atoms with Gasteiger partial charge in [-0.3, -0.25) is 19.7 Å². The summed E-state index contributed by atoms with van der Waals surface area (Å²) in [5.41, 5.74) is 0.226. The molecular weight excluding hydrogens is 410 g/mol. The monoisotopic (exact) mass is 449 g/mol. The van der Waals surface area contributed by atoms with Crippen molar-refractivity contribution in [2.45, 2.75) is 77.6 Å². The van der Waals surface area contributed by atoms with Crippen molar-refractivity contribution in [3.8, 4) is 0 Å². The molecule has 0 aliphatic heterocycles. The van der Waals surface area contributed by atoms with Crippen LogP contribution in [0.4, 0.5) is 0 Å². The van der Waals surface area contributed by atoms with Crippen LogP contribution in [0.1, 0.15) is 53.0 Å². The molecule has 3 atom stereocenters. The summed E-state index contributed by atoms with van der Waals surface area (Å²) in [7, 11) is 1.52. The lowest BCUT2D eigenvalue weighted by Gasteiger charge is -2.29. The predicted molar refractivity (Wildman–Crippen MR) is 124 cm³/mol. The highest BCUT2D eigenvalue weighted by Gasteiger charge is 2.31. The summed E-state index contributed by atoms with van der Waals surface area (Å²) in [6.45, 7) is 8.99. The minimum Gasteiger partial charge on any atom is -0.459 e. The molecule has 1 rings (SSSR count). The third-order valence-electron chi connectivity index (χ3n) is 4.70. The van der Waals surface area contributed by atoms with Gasteiger partial charge in [-0.2, -0.15) is 0 Å². The number of rotatable bonds is 12. The van der Waals surface area contributed by atoms with Gasteiger partial charge in [-0.15, -0.1) is 0 Å². The summed E-state index contributed by atoms with van der Waals surface area (Å²) >= 11 is 0. The van der Waals surface area contributed by atoms with Crippen LogP contribution < -0.4 is 16.0 Å². The van der Waals surface area contributed by atoms with Gasteiger partial charge in [0.05, 0.1) is 6.04 Å². The minimum absolute atomic E-state index is 0.111. The van der Waals surface area contributed by atoms with Crippen molar-refractivity contribution in [3.63, 3.8) is 0 Å². The van der Waals surface area contributed by atoms with Crippen LogP contribution in [0.5, 0.6) is 0 Å². The van der Waals surface area contributed by atoms with Crippen LogP contribution in [0.15, 0.2) is 30.3 Å². The molecule has 2 amide bonds. The zero-order chi connectivity index (χ0) is 24.3. The molecule has 0 saturated carbocycles. The van der Waals surface area contributed by atoms with E-state index in [1.807, 2.05) is 44.2 Å². The van der Waals surface area contributed by atoms with Crippen LogP contribution in [0.3, 0.4) is 0 Å². The normalized spacial score (nSPS) is 14.4. The fourth-order valence-electron chi connectivity index (χ4n) is 3.24. The number of carbonyl (C=O) groups excluding carboxylic acids is 3. The first-order valence-corrected chi connectivity index (χ1v) is 11.1. The van der Waals surface area contributed by atoms with Gasteiger partial charge >= 0.3 is 5.97 Å². The Hall–Kier alpha value is -2.45. The number of hydrogen-bond acceptors (Lipinski definition) is 6. The summed E-state index contributed by atoms with van der Waals surface area (Å²) in [5.74, 6) is -1.06. The van der Waals surface area contributed by atoms with E-state index in [2.05, 4.69) is 16.0 Å². The van der Waals surface area contributed by atoms with E-state index in [1.54, 1.807) is 20.8 Å². The Morgan fingerprint density at radius 2 is 1.62 bits per heavy atom. The van der Waals surface area contributed by atoms with Crippen molar-refractivity contribution in [3.05, 3.63) is 35.9 Å². The highest BCUT2D eigenvalue weighted by Crippen LogP contribution is 2.13. The molecule has 0 aliphatic rings. The van der Waals surface area contributed by atoms with Gasteiger partial charge in [-0.1, -0.05) is 44.2 Å². The van der Waals surface area contributed by atoms with Gasteiger partial charge in [0.2, 0.25) is 11.8 Å². The molecule has 0 aromatic heterocycles. The highest BCUT2D eigenvalue weighted by molar-refractivity contribution is 5.90. The van der Waals surface area contributed by atoms with Crippen molar-refractivity contribution in [1.29, 1.82) is 0 Å². The zero-order valence-corrected chi connectivity index (χ0v) is 20.1. The van der Waals surface area contributed by atoms with E-state index in [0.717, 1.165) is 5.56 Å². The molecule has 1 aromatic rings. The standard InChI is InChI=1S/C24H39N3O5/c1-16(2)14-19(26-18(12-13-28)23(31)32-24(3,4)5)22(30)27-20(21(29)25-6)15-17-10-8-7-9-11-17/h7-11,16,18-20,26,28H,12-15H2,1-6H3,(H,25,29)(H,27,30)/t18?,19-,20-/m0/s1. The SMILES string of the molecule is CNC(=O)[C@H](Cc1ccccc1)NC(=O)[C@H](CC(C)C)NC(CCO)C(=O)OC(C)(C)C. The van der Waals surface area contributed by atoms with Crippen LogP contribution in [-0.2, 0) is 25.5 Å². The molecule has 0 spiro atoms. The number of benzene rings is 1. The lowest BCUT2D eigenvalue weighted by molar-refractivity contribution is -0.158. The number of hydrogen-bond donors (Lipinski definition) is 4. The number of nitrogens with one attached hydrogen (secondary N) is 3. The molecular formula is C24H39N3O5. The molecule has 4 N–H and O–H groups in total. The van der Waals surface area contributed by atoms with Crippen LogP contribution in [0.2, 0.25) is 0 Å². The topological polar surface area (TPSA) is 117 Å². The van der Waals surface area contributed by atoms with E-state index in [4.69, 9.17) is 4.74 Å². The number of amides is 2. The Morgan fingerprint density at radius 1 is 1.00 bits per heavy atom. The Kier molecular flexibility index (Phi) is 11.4. The molecule has 0 aliphatic carbocycles. The van der Waals surface area contributed by atoms with Crippen LogP contribution in [0, 0.1) is 5.92 Å². The molecule has 0 saturated heterocycles. The second-order valence-corrected chi connectivity index (χ2v) is 9.31. The van der Waals surface area contributed by atoms with Crippen LogP contribution >= 0.6 is 0 Å². The van der Waals surface area contributed by atoms with Crippen LogP contribution in [-0.4, -0.2) is 60.3 Å². The number of ether oxygens (including phenoxy) is 1. The average Bonchev–Trinajstić information content (AvgIpc) is 2.70. The lowest BCUT2D eigenvalue weighted by Crippen LogP contribution is -2.56. The van der Waals surface area contributed by atoms with Gasteiger partial charge in [-0.05, 0) is 45.1 Å². The van der Waals surface area contributed by atoms with E-state index >= 15 is 0 Å². The Morgan fingerprint density at radius 3 is 2.12 bits per heavy atom. The third kappa shape index (κ3) is 10.2. The minimum atomic E-state index is -0.846. The maximum absolute atomic E-state index is 13.2. The largest absolute Gasteiger partial charge is 0.459 e. The molecule has 0 fully saturated rings. The number of aliphatic hydroxyl groups excluding tert-OH is 1. The van der Waals surface area contributed by atoms with Gasteiger partial charge < -0.3 is 20.5 Å². The van der Waals surface area contributed by atoms with Gasteiger partial charge in [0.15, 0.2) is 0 Å². The Balaban J connectivity index is 3.02. The molecule has 1 aromatic carbocycles. The third-order valence-corrected chi connectivity index (χ3v) is 4.70. The second kappa shape index (κ2) is 13.2. The Labute approximate surface area is 191 Å². The maximum Gasteiger partial charge on any atom is 0.323 e. The van der Waals surface area contributed by atoms with E-state index in [-0.39, 0.29) is 30.8 Å². The zero-order valence-electron chi connectivity index (χ0n) is 20.1. The molecule has 8 nitrogen and oxygen atoms in total. The van der Waals surface area contributed by atoms with E-state index in [9.17, 15) is 19.5 Å². The summed E-state index contributed by atoms with van der Waals surface area (Å²) in [6.07, 6.45) is 0.898. The Bertz CT molecular complexity index is 731. The second-order valence-electron chi connectivity index (χ2n) is 9.31. The quantitative estimate of drug-likeness (QED) is 0.360. The van der Waals surface area contributed by atoms with Crippen molar-refractivity contribution < 1.29 is 24.2 Å². The fraction of sp³-hybridized carbons (Fsp3) is 0.625. The molecule has 0 bridgehead atoms. The van der Waals surface area contributed by atoms with Crippen molar-refractivity contribution in [1.82, 2.24) is 16.0 Å². The first kappa shape index (κ1) is 27.6. The van der Waals surface area contributed by atoms with Gasteiger partial charge in [0.25, 0.3) is 0 Å². The lowest BCUT2D eigenvalue weighted by atomic mass is 10.00. The molecule has 1 unspecified atom stereocenters. The maximum atomic E-state index is 13.2. The summed E-state index contributed by atoms with van der Waals surface area (Å²) in [6, 6.07) is 7.09. The van der Waals surface area contributed by atoms with Crippen LogP contribution in [0.25, 0.3) is 0 Å². The van der Waals surface area contributed by atoms with Gasteiger partial charge in [0.1, 0.15) is 17.7 Å². The molecule has 0 radical (unpaired) electrons. The molecule has 32 heavy (non-hydrogen) atoms. The number of carbonyl (C=O) groups is 3. The first-order chi connectivity index (χ1) is 15.0. The predicted octanol–water partition coefficient (Wildman–Crippen LogP) is 1.56. The highest BCUT2D eigenvalue weighted by atomic mass is 16.6. The summed E-state index contributed by atoms with van der Waals surface area (Å²) in [4.78, 5) is 38.2. The summed E-state index contributed by atoms with van der Waals surface area (Å²) < 4.78 is 5.45. The van der Waals surface area contributed by atoms with Gasteiger partial charge in [0, 0.05) is 20.1 Å². The van der Waals surface area contributed by atoms with Crippen molar-refractivity contribution in [2.24, 2.45) is 5.92 Å². The van der Waals surface area contributed by atoms with E-state index in [1.165, 1.54) is 7.05 Å². The smallest absolute Gasteiger partial charge is 0.323 e. The molecule has 8 heteroatoms. The number of aliphatic hydroxyl groups is 1. The molecule has 0 heterocycles. The van der Waals surface area contributed by atoms with Crippen molar-refractivity contribution >= 4 is 17.8 Å². The van der Waals surface area contributed by atoms with E-state index < -0.39 is 29.7 Å². The number of likely N-dealkylation sites (N-methyl/N-ethyl adjacent to an activating group) is 1. The number of esters is 1.